The van der Waals surface area contributed by atoms with E-state index in [1.165, 1.54) is 12.1 Å². The molecule has 1 unspecified atom stereocenters. The fraction of sp³-hybridized carbons (Fsp3) is 0.294. The molecule has 0 aliphatic rings. The molecular weight excluding hydrogens is 272 g/mol. The standard InChI is InChI=1S/C17H19F2NO/c1-10-5-4-6-16(12(10)3)21-17-14(18)8-13(7-11(2)20)9-15(17)19/h4-6,8-9,11H,7,20H2,1-3H3. The summed E-state index contributed by atoms with van der Waals surface area (Å²) >= 11 is 0. The second kappa shape index (κ2) is 6.22. The monoisotopic (exact) mass is 291 g/mol. The average molecular weight is 291 g/mol. The number of ether oxygens (including phenoxy) is 1. The van der Waals surface area contributed by atoms with Gasteiger partial charge in [0.05, 0.1) is 0 Å². The van der Waals surface area contributed by atoms with E-state index in [0.29, 0.717) is 17.7 Å². The fourth-order valence-electron chi connectivity index (χ4n) is 2.14. The van der Waals surface area contributed by atoms with Gasteiger partial charge in [-0.2, -0.15) is 0 Å². The molecule has 2 nitrogen and oxygen atoms in total. The molecule has 0 saturated carbocycles. The van der Waals surface area contributed by atoms with Crippen LogP contribution in [0.25, 0.3) is 0 Å². The van der Waals surface area contributed by atoms with Crippen LogP contribution in [0, 0.1) is 25.5 Å². The van der Waals surface area contributed by atoms with E-state index in [2.05, 4.69) is 0 Å². The zero-order valence-corrected chi connectivity index (χ0v) is 12.4. The van der Waals surface area contributed by atoms with Gasteiger partial charge in [-0.3, -0.25) is 0 Å². The van der Waals surface area contributed by atoms with Crippen molar-refractivity contribution in [2.75, 3.05) is 0 Å². The maximum atomic E-state index is 14.1. The van der Waals surface area contributed by atoms with Crippen molar-refractivity contribution in [2.24, 2.45) is 5.73 Å². The number of halogens is 2. The third-order valence-electron chi connectivity index (χ3n) is 3.38. The summed E-state index contributed by atoms with van der Waals surface area (Å²) in [6.45, 7) is 5.56. The molecule has 0 aliphatic carbocycles. The van der Waals surface area contributed by atoms with Crippen LogP contribution in [0.3, 0.4) is 0 Å². The lowest BCUT2D eigenvalue weighted by molar-refractivity contribution is 0.404. The molecule has 0 amide bonds. The Bertz CT molecular complexity index is 630. The molecule has 0 aliphatic heterocycles. The van der Waals surface area contributed by atoms with E-state index in [1.54, 1.807) is 19.1 Å². The van der Waals surface area contributed by atoms with Crippen LogP contribution < -0.4 is 10.5 Å². The lowest BCUT2D eigenvalue weighted by atomic mass is 10.1. The average Bonchev–Trinajstić information content (AvgIpc) is 2.38. The Morgan fingerprint density at radius 1 is 1.14 bits per heavy atom. The molecule has 0 radical (unpaired) electrons. The van der Waals surface area contributed by atoms with Crippen LogP contribution in [0.15, 0.2) is 30.3 Å². The number of benzene rings is 2. The topological polar surface area (TPSA) is 35.2 Å². The van der Waals surface area contributed by atoms with Gasteiger partial charge in [-0.15, -0.1) is 0 Å². The third-order valence-corrected chi connectivity index (χ3v) is 3.38. The minimum atomic E-state index is -0.716. The number of nitrogens with two attached hydrogens (primary N) is 1. The first-order chi connectivity index (χ1) is 9.88. The van der Waals surface area contributed by atoms with Gasteiger partial charge >= 0.3 is 0 Å². The Morgan fingerprint density at radius 3 is 2.33 bits per heavy atom. The summed E-state index contributed by atoms with van der Waals surface area (Å²) in [7, 11) is 0. The van der Waals surface area contributed by atoms with Gasteiger partial charge in [0.1, 0.15) is 5.75 Å². The SMILES string of the molecule is Cc1cccc(Oc2c(F)cc(CC(C)N)cc2F)c1C. The first-order valence-corrected chi connectivity index (χ1v) is 6.86. The Hall–Kier alpha value is -1.94. The highest BCUT2D eigenvalue weighted by molar-refractivity contribution is 5.42. The van der Waals surface area contributed by atoms with E-state index < -0.39 is 11.6 Å². The van der Waals surface area contributed by atoms with Gasteiger partial charge in [0, 0.05) is 6.04 Å². The summed E-state index contributed by atoms with van der Waals surface area (Å²) in [4.78, 5) is 0. The van der Waals surface area contributed by atoms with E-state index >= 15 is 0 Å². The van der Waals surface area contributed by atoms with Gasteiger partial charge < -0.3 is 10.5 Å². The molecule has 0 bridgehead atoms. The Morgan fingerprint density at radius 2 is 1.76 bits per heavy atom. The molecule has 2 rings (SSSR count). The lowest BCUT2D eigenvalue weighted by Gasteiger charge is -2.13. The molecule has 0 fully saturated rings. The summed E-state index contributed by atoms with van der Waals surface area (Å²) in [6, 6.07) is 7.78. The van der Waals surface area contributed by atoms with Crippen LogP contribution in [-0.4, -0.2) is 6.04 Å². The van der Waals surface area contributed by atoms with Crippen molar-refractivity contribution >= 4 is 0 Å². The molecule has 1 atom stereocenters. The van der Waals surface area contributed by atoms with Gasteiger partial charge in [-0.1, -0.05) is 12.1 Å². The molecule has 2 aromatic rings. The number of hydrogen-bond acceptors (Lipinski definition) is 2. The van der Waals surface area contributed by atoms with Crippen molar-refractivity contribution < 1.29 is 13.5 Å². The molecule has 4 heteroatoms. The molecule has 112 valence electrons. The number of hydrogen-bond donors (Lipinski definition) is 1. The van der Waals surface area contributed by atoms with Gasteiger partial charge in [-0.05, 0) is 62.1 Å². The van der Waals surface area contributed by atoms with Crippen LogP contribution in [0.2, 0.25) is 0 Å². The summed E-state index contributed by atoms with van der Waals surface area (Å²) < 4.78 is 33.6. The first-order valence-electron chi connectivity index (χ1n) is 6.86. The van der Waals surface area contributed by atoms with Crippen molar-refractivity contribution in [3.8, 4) is 11.5 Å². The van der Waals surface area contributed by atoms with Gasteiger partial charge in [0.2, 0.25) is 0 Å². The van der Waals surface area contributed by atoms with Gasteiger partial charge in [0.25, 0.3) is 0 Å². The van der Waals surface area contributed by atoms with Gasteiger partial charge in [0.15, 0.2) is 17.4 Å². The largest absolute Gasteiger partial charge is 0.451 e. The Kier molecular flexibility index (Phi) is 4.58. The van der Waals surface area contributed by atoms with Crippen LogP contribution in [-0.2, 0) is 6.42 Å². The summed E-state index contributed by atoms with van der Waals surface area (Å²) in [5.41, 5.74) is 8.03. The van der Waals surface area contributed by atoms with Crippen molar-refractivity contribution in [1.82, 2.24) is 0 Å². The highest BCUT2D eigenvalue weighted by Crippen LogP contribution is 2.31. The highest BCUT2D eigenvalue weighted by Gasteiger charge is 2.15. The van der Waals surface area contributed by atoms with Crippen LogP contribution in [0.5, 0.6) is 11.5 Å². The molecule has 21 heavy (non-hydrogen) atoms. The van der Waals surface area contributed by atoms with Crippen molar-refractivity contribution in [2.45, 2.75) is 33.2 Å². The fourth-order valence-corrected chi connectivity index (χ4v) is 2.14. The zero-order valence-electron chi connectivity index (χ0n) is 12.4. The van der Waals surface area contributed by atoms with Crippen molar-refractivity contribution in [3.05, 3.63) is 58.7 Å². The second-order valence-corrected chi connectivity index (χ2v) is 5.37. The van der Waals surface area contributed by atoms with Crippen LogP contribution in [0.4, 0.5) is 8.78 Å². The normalized spacial score (nSPS) is 12.3. The summed E-state index contributed by atoms with van der Waals surface area (Å²) in [6.07, 6.45) is 0.414. The first kappa shape index (κ1) is 15.4. The third kappa shape index (κ3) is 3.58. The summed E-state index contributed by atoms with van der Waals surface area (Å²) in [5, 5.41) is 0. The Labute approximate surface area is 123 Å². The van der Waals surface area contributed by atoms with E-state index in [1.807, 2.05) is 19.9 Å². The molecule has 0 aromatic heterocycles. The van der Waals surface area contributed by atoms with Gasteiger partial charge in [-0.25, -0.2) is 8.78 Å². The smallest absolute Gasteiger partial charge is 0.198 e. The maximum absolute atomic E-state index is 14.1. The number of aryl methyl sites for hydroxylation is 1. The molecule has 2 aromatic carbocycles. The second-order valence-electron chi connectivity index (χ2n) is 5.37. The Balaban J connectivity index is 2.34. The quantitative estimate of drug-likeness (QED) is 0.913. The van der Waals surface area contributed by atoms with E-state index in [4.69, 9.17) is 10.5 Å². The van der Waals surface area contributed by atoms with Crippen LogP contribution in [0.1, 0.15) is 23.6 Å². The number of rotatable bonds is 4. The molecule has 0 spiro atoms. The minimum Gasteiger partial charge on any atom is -0.451 e. The predicted molar refractivity (Wildman–Crippen MR) is 79.7 cm³/mol. The molecule has 2 N–H and O–H groups in total. The van der Waals surface area contributed by atoms with Crippen molar-refractivity contribution in [1.29, 1.82) is 0 Å². The van der Waals surface area contributed by atoms with E-state index in [-0.39, 0.29) is 11.8 Å². The minimum absolute atomic E-state index is 0.158. The lowest BCUT2D eigenvalue weighted by Crippen LogP contribution is -2.18. The zero-order chi connectivity index (χ0) is 15.6. The molecule has 0 heterocycles. The maximum Gasteiger partial charge on any atom is 0.198 e. The van der Waals surface area contributed by atoms with Crippen molar-refractivity contribution in [3.63, 3.8) is 0 Å². The summed E-state index contributed by atoms with van der Waals surface area (Å²) in [5.74, 6) is -1.36. The van der Waals surface area contributed by atoms with Crippen LogP contribution >= 0.6 is 0 Å². The molecule has 0 saturated heterocycles. The van der Waals surface area contributed by atoms with E-state index in [0.717, 1.165) is 11.1 Å². The highest BCUT2D eigenvalue weighted by atomic mass is 19.1. The van der Waals surface area contributed by atoms with E-state index in [9.17, 15) is 8.78 Å². The molecular formula is C17H19F2NO. The predicted octanol–water partition coefficient (Wildman–Crippen LogP) is 4.26.